The van der Waals surface area contributed by atoms with Crippen LogP contribution in [0.2, 0.25) is 0 Å². The Balaban J connectivity index is 1.54. The number of imidazole rings is 1. The number of nitrogens with one attached hydrogen (secondary N) is 1. The van der Waals surface area contributed by atoms with Crippen LogP contribution in [-0.2, 0) is 6.42 Å². The van der Waals surface area contributed by atoms with Crippen LogP contribution in [0, 0.1) is 0 Å². The van der Waals surface area contributed by atoms with E-state index in [9.17, 15) is 0 Å². The third-order valence-corrected chi connectivity index (χ3v) is 5.35. The number of hydrogen-bond donors (Lipinski definition) is 1. The van der Waals surface area contributed by atoms with Crippen LogP contribution in [-0.4, -0.2) is 42.6 Å². The Morgan fingerprint density at radius 3 is 3.04 bits per heavy atom. The van der Waals surface area contributed by atoms with Gasteiger partial charge in [-0.05, 0) is 32.9 Å². The van der Waals surface area contributed by atoms with E-state index in [4.69, 9.17) is 0 Å². The van der Waals surface area contributed by atoms with Gasteiger partial charge in [0.25, 0.3) is 0 Å². The molecule has 0 bridgehead atoms. The summed E-state index contributed by atoms with van der Waals surface area (Å²) in [4.78, 5) is 9.95. The molecule has 0 spiro atoms. The first-order valence-electron chi connectivity index (χ1n) is 8.34. The van der Waals surface area contributed by atoms with Crippen LogP contribution in [0.1, 0.15) is 36.7 Å². The average molecular weight is 343 g/mol. The maximum Gasteiger partial charge on any atom is 0.162 e. The highest BCUT2D eigenvalue weighted by Gasteiger charge is 2.19. The zero-order chi connectivity index (χ0) is 16.4. The summed E-state index contributed by atoms with van der Waals surface area (Å²) in [5.74, 6) is 0.882. The number of nitrogens with zero attached hydrogens (tertiary/aromatic N) is 6. The van der Waals surface area contributed by atoms with Crippen molar-refractivity contribution in [2.24, 2.45) is 0 Å². The number of piperidine rings is 1. The lowest BCUT2D eigenvalue weighted by Crippen LogP contribution is -2.29. The molecule has 4 rings (SSSR count). The van der Waals surface area contributed by atoms with E-state index in [2.05, 4.69) is 37.1 Å². The maximum absolute atomic E-state index is 4.52. The Morgan fingerprint density at radius 2 is 2.25 bits per heavy atom. The molecule has 4 heterocycles. The van der Waals surface area contributed by atoms with Crippen molar-refractivity contribution in [3.05, 3.63) is 35.2 Å². The van der Waals surface area contributed by atoms with Gasteiger partial charge in [-0.15, -0.1) is 16.4 Å². The molecule has 8 heteroatoms. The lowest BCUT2D eigenvalue weighted by atomic mass is 10.1. The van der Waals surface area contributed by atoms with Crippen LogP contribution in [0.4, 0.5) is 0 Å². The molecule has 0 amide bonds. The topological polar surface area (TPSA) is 73.5 Å². The highest BCUT2D eigenvalue weighted by molar-refractivity contribution is 7.09. The predicted molar refractivity (Wildman–Crippen MR) is 92.9 cm³/mol. The monoisotopic (exact) mass is 343 g/mol. The highest BCUT2D eigenvalue weighted by Crippen LogP contribution is 2.24. The van der Waals surface area contributed by atoms with Gasteiger partial charge in [0, 0.05) is 35.9 Å². The van der Waals surface area contributed by atoms with Crippen LogP contribution in [0.5, 0.6) is 0 Å². The van der Waals surface area contributed by atoms with Gasteiger partial charge in [-0.2, -0.15) is 0 Å². The van der Waals surface area contributed by atoms with Crippen LogP contribution in [0.3, 0.4) is 0 Å². The molecule has 0 saturated carbocycles. The van der Waals surface area contributed by atoms with Gasteiger partial charge >= 0.3 is 0 Å². The van der Waals surface area contributed by atoms with E-state index in [0.717, 1.165) is 43.9 Å². The molecule has 0 aliphatic carbocycles. The van der Waals surface area contributed by atoms with E-state index in [-0.39, 0.29) is 0 Å². The fourth-order valence-corrected chi connectivity index (χ4v) is 3.94. The summed E-state index contributed by atoms with van der Waals surface area (Å²) in [5, 5.41) is 12.1. The lowest BCUT2D eigenvalue weighted by molar-refractivity contribution is 0.337. The van der Waals surface area contributed by atoms with Gasteiger partial charge in [-0.3, -0.25) is 4.98 Å². The Kier molecular flexibility index (Phi) is 4.40. The molecule has 3 aromatic rings. The van der Waals surface area contributed by atoms with Crippen molar-refractivity contribution in [3.63, 3.8) is 0 Å². The summed E-state index contributed by atoms with van der Waals surface area (Å²) in [6.45, 7) is 4.28. The highest BCUT2D eigenvalue weighted by atomic mass is 32.1. The molecule has 0 unspecified atom stereocenters. The molecule has 1 aliphatic rings. The minimum absolute atomic E-state index is 0.298. The minimum Gasteiger partial charge on any atom is -0.326 e. The molecule has 0 aromatic carbocycles. The first-order chi connectivity index (χ1) is 11.8. The summed E-state index contributed by atoms with van der Waals surface area (Å²) in [7, 11) is 0. The van der Waals surface area contributed by atoms with Gasteiger partial charge in [-0.25, -0.2) is 9.67 Å². The van der Waals surface area contributed by atoms with Gasteiger partial charge in [0.1, 0.15) is 5.69 Å². The van der Waals surface area contributed by atoms with Crippen molar-refractivity contribution < 1.29 is 0 Å². The van der Waals surface area contributed by atoms with E-state index in [0.29, 0.717) is 12.1 Å². The Morgan fingerprint density at radius 1 is 1.38 bits per heavy atom. The lowest BCUT2D eigenvalue weighted by Gasteiger charge is -2.22. The van der Waals surface area contributed by atoms with Crippen molar-refractivity contribution in [2.45, 2.75) is 38.3 Å². The van der Waals surface area contributed by atoms with E-state index in [1.807, 2.05) is 35.0 Å². The second-order valence-electron chi connectivity index (χ2n) is 6.24. The quantitative estimate of drug-likeness (QED) is 0.770. The van der Waals surface area contributed by atoms with Gasteiger partial charge in [0.15, 0.2) is 5.82 Å². The van der Waals surface area contributed by atoms with Crippen molar-refractivity contribution in [2.75, 3.05) is 13.1 Å². The second kappa shape index (κ2) is 6.82. The third kappa shape index (κ3) is 3.11. The van der Waals surface area contributed by atoms with Crippen molar-refractivity contribution >= 4 is 11.3 Å². The fraction of sp³-hybridized carbons (Fsp3) is 0.500. The number of hydrogen-bond acceptors (Lipinski definition) is 6. The average Bonchev–Trinajstić information content (AvgIpc) is 3.36. The molecule has 7 nitrogen and oxygen atoms in total. The van der Waals surface area contributed by atoms with Crippen molar-refractivity contribution in [1.82, 2.24) is 34.8 Å². The SMILES string of the molecule is C[C@@H](Cc1cncs1)n1ccnc1-c1cn(C2CCNCC2)nn1. The molecule has 1 atom stereocenters. The van der Waals surface area contributed by atoms with Gasteiger partial charge < -0.3 is 9.88 Å². The Labute approximate surface area is 144 Å². The number of aromatic nitrogens is 6. The van der Waals surface area contributed by atoms with Crippen LogP contribution >= 0.6 is 11.3 Å². The van der Waals surface area contributed by atoms with Gasteiger partial charge in [0.2, 0.25) is 0 Å². The molecule has 1 saturated heterocycles. The number of rotatable bonds is 5. The third-order valence-electron chi connectivity index (χ3n) is 4.55. The molecule has 1 aliphatic heterocycles. The molecule has 126 valence electrons. The molecule has 1 fully saturated rings. The largest absolute Gasteiger partial charge is 0.326 e. The zero-order valence-electron chi connectivity index (χ0n) is 13.7. The molecular formula is C16H21N7S. The molecule has 24 heavy (non-hydrogen) atoms. The van der Waals surface area contributed by atoms with E-state index >= 15 is 0 Å². The van der Waals surface area contributed by atoms with Crippen LogP contribution in [0.25, 0.3) is 11.5 Å². The molecule has 3 aromatic heterocycles. The standard InChI is InChI=1S/C16H21N7S/c1-12(8-14-9-18-11-24-14)22-7-6-19-16(22)15-10-23(21-20-15)13-2-4-17-5-3-13/h6-7,9-13,17H,2-5,8H2,1H3/t12-/m0/s1. The first kappa shape index (κ1) is 15.5. The second-order valence-corrected chi connectivity index (χ2v) is 7.21. The first-order valence-corrected chi connectivity index (χ1v) is 9.22. The minimum atomic E-state index is 0.298. The normalized spacial score (nSPS) is 17.2. The Hall–Kier alpha value is -2.06. The zero-order valence-corrected chi connectivity index (χ0v) is 14.5. The number of thiazole rings is 1. The summed E-state index contributed by atoms with van der Waals surface area (Å²) in [6, 6.07) is 0.734. The van der Waals surface area contributed by atoms with Gasteiger partial charge in [-0.1, -0.05) is 5.21 Å². The predicted octanol–water partition coefficient (Wildman–Crippen LogP) is 2.33. The van der Waals surface area contributed by atoms with E-state index in [1.165, 1.54) is 4.88 Å². The molecule has 1 N–H and O–H groups in total. The maximum atomic E-state index is 4.52. The van der Waals surface area contributed by atoms with E-state index in [1.54, 1.807) is 11.3 Å². The summed E-state index contributed by atoms with van der Waals surface area (Å²) in [5.41, 5.74) is 2.72. The van der Waals surface area contributed by atoms with E-state index < -0.39 is 0 Å². The van der Waals surface area contributed by atoms with Crippen molar-refractivity contribution in [3.8, 4) is 11.5 Å². The fourth-order valence-electron chi connectivity index (χ4n) is 3.23. The summed E-state index contributed by atoms with van der Waals surface area (Å²) in [6.07, 6.45) is 11.0. The summed E-state index contributed by atoms with van der Waals surface area (Å²) >= 11 is 1.69. The van der Waals surface area contributed by atoms with Crippen LogP contribution < -0.4 is 5.32 Å². The Bertz CT molecular complexity index is 770. The molecule has 0 radical (unpaired) electrons. The molecular weight excluding hydrogens is 322 g/mol. The smallest absolute Gasteiger partial charge is 0.162 e. The van der Waals surface area contributed by atoms with Gasteiger partial charge in [0.05, 0.1) is 17.7 Å². The van der Waals surface area contributed by atoms with Crippen molar-refractivity contribution in [1.29, 1.82) is 0 Å². The summed E-state index contributed by atoms with van der Waals surface area (Å²) < 4.78 is 4.18. The van der Waals surface area contributed by atoms with Crippen LogP contribution in [0.15, 0.2) is 30.3 Å².